The first kappa shape index (κ1) is 27.7. The summed E-state index contributed by atoms with van der Waals surface area (Å²) in [4.78, 5) is 63.7. The first-order valence-corrected chi connectivity index (χ1v) is 14.7. The van der Waals surface area contributed by atoms with Gasteiger partial charge in [0.05, 0.1) is 17.2 Å². The molecule has 6 N–H and O–H groups in total. The molecule has 4 aromatic rings. The molecule has 12 nitrogen and oxygen atoms in total. The summed E-state index contributed by atoms with van der Waals surface area (Å²) in [7, 11) is 0. The number of rotatable bonds is 10. The quantitative estimate of drug-likeness (QED) is 0.119. The van der Waals surface area contributed by atoms with Gasteiger partial charge in [0.25, 0.3) is 11.1 Å². The van der Waals surface area contributed by atoms with Crippen LogP contribution < -0.4 is 22.6 Å². The van der Waals surface area contributed by atoms with E-state index in [0.717, 1.165) is 4.01 Å². The smallest absolute Gasteiger partial charge is 0.348 e. The number of fused-ring (bicyclic) bond motifs is 1. The Balaban J connectivity index is 1.82. The molecule has 0 aliphatic heterocycles. The molecular weight excluding hydrogens is 573 g/mol. The number of nitrogens with two attached hydrogens (primary N) is 2. The molecule has 0 saturated heterocycles. The zero-order valence-electron chi connectivity index (χ0n) is 20.1. The van der Waals surface area contributed by atoms with Crippen molar-refractivity contribution >= 4 is 79.2 Å². The lowest BCUT2D eigenvalue weighted by molar-refractivity contribution is 0.0522. The summed E-state index contributed by atoms with van der Waals surface area (Å²) in [6.07, 6.45) is 0. The van der Waals surface area contributed by atoms with Crippen molar-refractivity contribution in [3.63, 3.8) is 0 Å². The highest BCUT2D eigenvalue weighted by molar-refractivity contribution is 7.98. The highest BCUT2D eigenvalue weighted by Gasteiger charge is 2.28. The van der Waals surface area contributed by atoms with Crippen LogP contribution in [0.25, 0.3) is 9.40 Å². The first-order valence-electron chi connectivity index (χ1n) is 11.1. The number of aromatic nitrogens is 4. The molecule has 0 amide bonds. The van der Waals surface area contributed by atoms with Gasteiger partial charge in [0.15, 0.2) is 10.3 Å². The zero-order chi connectivity index (χ0) is 27.4. The summed E-state index contributed by atoms with van der Waals surface area (Å²) in [5.41, 5.74) is 11.9. The third kappa shape index (κ3) is 6.20. The van der Waals surface area contributed by atoms with E-state index in [0.29, 0.717) is 26.3 Å². The monoisotopic (exact) mass is 594 g/mol. The molecule has 4 aromatic heterocycles. The Morgan fingerprint density at radius 1 is 0.842 bits per heavy atom. The largest absolute Gasteiger partial charge is 0.462 e. The molecule has 4 rings (SSSR count). The molecule has 16 heteroatoms. The van der Waals surface area contributed by atoms with Crippen LogP contribution in [-0.2, 0) is 21.0 Å². The van der Waals surface area contributed by atoms with Gasteiger partial charge in [-0.05, 0) is 25.0 Å². The van der Waals surface area contributed by atoms with Crippen LogP contribution in [0.4, 0.5) is 11.6 Å². The van der Waals surface area contributed by atoms with Gasteiger partial charge in [-0.3, -0.25) is 9.59 Å². The van der Waals surface area contributed by atoms with Crippen LogP contribution in [0.2, 0.25) is 0 Å². The van der Waals surface area contributed by atoms with E-state index in [2.05, 4.69) is 19.9 Å². The molecule has 0 saturated carbocycles. The Labute approximate surface area is 231 Å². The average Bonchev–Trinajstić information content (AvgIpc) is 3.37. The van der Waals surface area contributed by atoms with Gasteiger partial charge in [0, 0.05) is 29.0 Å². The molecule has 0 unspecified atom stereocenters. The topological polar surface area (TPSA) is 196 Å². The Hall–Kier alpha value is -3.34. The fraction of sp³-hybridized carbons (Fsp3) is 0.273. The normalized spacial score (nSPS) is 11.1. The van der Waals surface area contributed by atoms with E-state index in [1.807, 2.05) is 0 Å². The maximum Gasteiger partial charge on any atom is 0.348 e. The Morgan fingerprint density at radius 3 is 1.63 bits per heavy atom. The zero-order valence-corrected chi connectivity index (χ0v) is 23.4. The van der Waals surface area contributed by atoms with E-state index < -0.39 is 23.1 Å². The molecule has 4 heterocycles. The van der Waals surface area contributed by atoms with E-state index in [1.165, 1.54) is 58.3 Å². The molecule has 0 aliphatic carbocycles. The van der Waals surface area contributed by atoms with Gasteiger partial charge in [-0.25, -0.2) is 19.6 Å². The van der Waals surface area contributed by atoms with E-state index in [9.17, 15) is 19.2 Å². The van der Waals surface area contributed by atoms with Gasteiger partial charge >= 0.3 is 11.9 Å². The second kappa shape index (κ2) is 12.0. The Bertz CT molecular complexity index is 1510. The van der Waals surface area contributed by atoms with Gasteiger partial charge < -0.3 is 30.9 Å². The van der Waals surface area contributed by atoms with Crippen molar-refractivity contribution in [2.24, 2.45) is 0 Å². The maximum absolute atomic E-state index is 12.9. The number of thioether (sulfide) groups is 2. The van der Waals surface area contributed by atoms with Crippen molar-refractivity contribution in [1.29, 1.82) is 0 Å². The fourth-order valence-electron chi connectivity index (χ4n) is 3.41. The van der Waals surface area contributed by atoms with Crippen LogP contribution in [0, 0.1) is 0 Å². The number of nitrogens with one attached hydrogen (secondary N) is 2. The number of hydrogen-bond donors (Lipinski definition) is 4. The number of carbonyl (C=O) groups is 2. The first-order chi connectivity index (χ1) is 18.2. The summed E-state index contributed by atoms with van der Waals surface area (Å²) in [5.74, 6) is -0.404. The van der Waals surface area contributed by atoms with Crippen molar-refractivity contribution in [2.45, 2.75) is 35.7 Å². The molecule has 0 atom stereocenters. The van der Waals surface area contributed by atoms with Gasteiger partial charge in [-0.2, -0.15) is 0 Å². The van der Waals surface area contributed by atoms with Crippen LogP contribution in [0.3, 0.4) is 0 Å². The molecule has 0 radical (unpaired) electrons. The average molecular weight is 595 g/mol. The van der Waals surface area contributed by atoms with Gasteiger partial charge in [0.1, 0.15) is 21.4 Å². The van der Waals surface area contributed by atoms with E-state index in [4.69, 9.17) is 20.9 Å². The lowest BCUT2D eigenvalue weighted by Crippen LogP contribution is -2.10. The lowest BCUT2D eigenvalue weighted by Gasteiger charge is -2.08. The lowest BCUT2D eigenvalue weighted by atomic mass is 10.1. The van der Waals surface area contributed by atoms with Crippen molar-refractivity contribution in [3.05, 3.63) is 53.7 Å². The molecule has 0 fully saturated rings. The third-order valence-electron chi connectivity index (χ3n) is 4.85. The third-order valence-corrected chi connectivity index (χ3v) is 9.17. The molecule has 0 aliphatic rings. The summed E-state index contributed by atoms with van der Waals surface area (Å²) in [6.45, 7) is 3.80. The molecule has 0 bridgehead atoms. The maximum atomic E-state index is 12.9. The standard InChI is InChI=1S/C22H22N6O6S4/c1-3-33-18(31)16-9(7-35-21-25-11(23)5-13(29)27-21)15-10(8-36-22-26-12(24)6-14(30)28-22)17(19(32)34-4-2)38-20(15)37-16/h5-6H,3-4,7-8H2,1-2H3,(H3,23,25,27,29)(H3,24,26,28,30). The van der Waals surface area contributed by atoms with Crippen LogP contribution in [0.15, 0.2) is 32.0 Å². The molecule has 38 heavy (non-hydrogen) atoms. The second-order valence-corrected chi connectivity index (χ2v) is 11.7. The fourth-order valence-corrected chi connectivity index (χ4v) is 8.03. The number of anilines is 2. The Kier molecular flexibility index (Phi) is 8.76. The van der Waals surface area contributed by atoms with Crippen LogP contribution in [0.5, 0.6) is 0 Å². The minimum absolute atomic E-state index is 0.0678. The van der Waals surface area contributed by atoms with Gasteiger partial charge in [-0.1, -0.05) is 23.5 Å². The second-order valence-electron chi connectivity index (χ2n) is 7.45. The summed E-state index contributed by atoms with van der Waals surface area (Å²) in [6, 6.07) is 2.34. The predicted octanol–water partition coefficient (Wildman–Crippen LogP) is 3.23. The minimum atomic E-state index is -0.497. The van der Waals surface area contributed by atoms with Gasteiger partial charge in [0.2, 0.25) is 0 Å². The number of nitrogen functional groups attached to an aromatic ring is 2. The molecular formula is C22H22N6O6S4. The molecule has 0 spiro atoms. The summed E-state index contributed by atoms with van der Waals surface area (Å²) in [5, 5.41) is 1.26. The number of thiophene rings is 2. The highest BCUT2D eigenvalue weighted by atomic mass is 32.2. The number of H-pyrrole nitrogens is 2. The number of hydrogen-bond acceptors (Lipinski definition) is 14. The number of ether oxygens (including phenoxy) is 2. The summed E-state index contributed by atoms with van der Waals surface area (Å²) >= 11 is 4.79. The van der Waals surface area contributed by atoms with Crippen LogP contribution >= 0.6 is 46.2 Å². The van der Waals surface area contributed by atoms with E-state index in [1.54, 1.807) is 13.8 Å². The molecule has 0 aromatic carbocycles. The summed E-state index contributed by atoms with van der Waals surface area (Å²) < 4.78 is 11.3. The number of carbonyl (C=O) groups excluding carboxylic acids is 2. The molecule has 200 valence electrons. The number of aromatic amines is 2. The Morgan fingerprint density at radius 2 is 1.26 bits per heavy atom. The SMILES string of the molecule is CCOC(=O)c1sc2sc(C(=O)OCC)c(CSc3nc(N)cc(=O)[nH]3)c2c1CSc1nc(N)cc(=O)[nH]1. The van der Waals surface area contributed by atoms with Crippen LogP contribution in [0.1, 0.15) is 44.3 Å². The van der Waals surface area contributed by atoms with E-state index in [-0.39, 0.29) is 46.7 Å². The number of nitrogens with zero attached hydrogens (tertiary/aromatic N) is 2. The van der Waals surface area contributed by atoms with Crippen molar-refractivity contribution in [1.82, 2.24) is 19.9 Å². The van der Waals surface area contributed by atoms with Crippen molar-refractivity contribution in [3.8, 4) is 0 Å². The van der Waals surface area contributed by atoms with Crippen molar-refractivity contribution in [2.75, 3.05) is 24.7 Å². The van der Waals surface area contributed by atoms with Crippen LogP contribution in [-0.4, -0.2) is 45.1 Å². The number of esters is 2. The van der Waals surface area contributed by atoms with Crippen molar-refractivity contribution < 1.29 is 19.1 Å². The predicted molar refractivity (Wildman–Crippen MR) is 149 cm³/mol. The van der Waals surface area contributed by atoms with E-state index >= 15 is 0 Å². The minimum Gasteiger partial charge on any atom is -0.462 e. The van der Waals surface area contributed by atoms with Gasteiger partial charge in [-0.15, -0.1) is 22.7 Å². The highest BCUT2D eigenvalue weighted by Crippen LogP contribution is 2.45.